The molecule has 0 aliphatic heterocycles. The van der Waals surface area contributed by atoms with Gasteiger partial charge in [-0.25, -0.2) is 4.79 Å². The topological polar surface area (TPSA) is 97.4 Å². The minimum Gasteiger partial charge on any atom is -0.459 e. The molecule has 0 saturated heterocycles. The molecule has 0 spiro atoms. The Labute approximate surface area is 148 Å². The van der Waals surface area contributed by atoms with Crippen molar-refractivity contribution in [3.05, 3.63) is 46.6 Å². The third-order valence-electron chi connectivity index (χ3n) is 3.47. The zero-order valence-corrected chi connectivity index (χ0v) is 15.1. The Hall–Kier alpha value is -2.28. The van der Waals surface area contributed by atoms with Gasteiger partial charge in [0.25, 0.3) is 0 Å². The van der Waals surface area contributed by atoms with Crippen LogP contribution in [-0.2, 0) is 11.3 Å². The molecule has 2 aromatic rings. The van der Waals surface area contributed by atoms with Crippen LogP contribution in [0, 0.1) is 5.92 Å². The lowest BCUT2D eigenvalue weighted by molar-refractivity contribution is -0.124. The highest BCUT2D eigenvalue weighted by Crippen LogP contribution is 2.23. The van der Waals surface area contributed by atoms with Gasteiger partial charge < -0.3 is 20.8 Å². The summed E-state index contributed by atoms with van der Waals surface area (Å²) in [6.07, 6.45) is 0. The number of carbonyl (C=O) groups is 2. The monoisotopic (exact) mass is 393 g/mol. The van der Waals surface area contributed by atoms with E-state index in [4.69, 9.17) is 10.2 Å². The van der Waals surface area contributed by atoms with Gasteiger partial charge in [-0.15, -0.1) is 0 Å². The third-order valence-corrected chi connectivity index (χ3v) is 4.00. The maximum Gasteiger partial charge on any atom is 0.312 e. The summed E-state index contributed by atoms with van der Waals surface area (Å²) in [4.78, 5) is 23.2. The van der Waals surface area contributed by atoms with E-state index in [1.54, 1.807) is 0 Å². The number of primary amides is 1. The van der Waals surface area contributed by atoms with E-state index < -0.39 is 12.1 Å². The predicted molar refractivity (Wildman–Crippen MR) is 95.0 cm³/mol. The van der Waals surface area contributed by atoms with Crippen molar-refractivity contribution in [3.8, 4) is 11.3 Å². The van der Waals surface area contributed by atoms with Crippen LogP contribution in [0.15, 0.2) is 45.3 Å². The zero-order valence-electron chi connectivity index (χ0n) is 13.5. The molecule has 1 aromatic carbocycles. The molecule has 24 heavy (non-hydrogen) atoms. The molecule has 1 aromatic heterocycles. The van der Waals surface area contributed by atoms with Crippen molar-refractivity contribution in [1.82, 2.24) is 10.6 Å². The quantitative estimate of drug-likeness (QED) is 0.703. The number of hydrogen-bond acceptors (Lipinski definition) is 3. The second kappa shape index (κ2) is 8.01. The lowest BCUT2D eigenvalue weighted by Crippen LogP contribution is -2.51. The summed E-state index contributed by atoms with van der Waals surface area (Å²) >= 11 is 3.39. The van der Waals surface area contributed by atoms with E-state index in [-0.39, 0.29) is 18.4 Å². The van der Waals surface area contributed by atoms with Crippen LogP contribution in [-0.4, -0.2) is 18.0 Å². The number of nitrogens with two attached hydrogens (primary N) is 1. The van der Waals surface area contributed by atoms with Crippen LogP contribution in [0.3, 0.4) is 0 Å². The standard InChI is InChI=1S/C17H20BrN3O3/c1-10(2)15(21-17(19)23)16(22)20-9-13-7-8-14(24-13)11-3-5-12(18)6-4-11/h3-8,10,15H,9H2,1-2H3,(H,20,22)(H3,19,21,23)/t15-/m0/s1. The van der Waals surface area contributed by atoms with E-state index in [2.05, 4.69) is 26.6 Å². The normalized spacial score (nSPS) is 12.0. The fraction of sp³-hybridized carbons (Fsp3) is 0.294. The van der Waals surface area contributed by atoms with Crippen molar-refractivity contribution in [3.63, 3.8) is 0 Å². The summed E-state index contributed by atoms with van der Waals surface area (Å²) in [7, 11) is 0. The first kappa shape index (κ1) is 18.1. The Balaban J connectivity index is 1.98. The maximum atomic E-state index is 12.2. The van der Waals surface area contributed by atoms with E-state index >= 15 is 0 Å². The van der Waals surface area contributed by atoms with E-state index in [0.29, 0.717) is 5.76 Å². The van der Waals surface area contributed by atoms with Crippen LogP contribution in [0.1, 0.15) is 19.6 Å². The summed E-state index contributed by atoms with van der Waals surface area (Å²) < 4.78 is 6.73. The number of benzene rings is 1. The number of amides is 3. The number of carbonyl (C=O) groups excluding carboxylic acids is 2. The van der Waals surface area contributed by atoms with Crippen LogP contribution in [0.2, 0.25) is 0 Å². The lowest BCUT2D eigenvalue weighted by Gasteiger charge is -2.20. The average molecular weight is 394 g/mol. The first-order valence-electron chi connectivity index (χ1n) is 7.55. The van der Waals surface area contributed by atoms with Crippen LogP contribution < -0.4 is 16.4 Å². The summed E-state index contributed by atoms with van der Waals surface area (Å²) in [5, 5.41) is 5.19. The van der Waals surface area contributed by atoms with Crippen LogP contribution >= 0.6 is 15.9 Å². The van der Waals surface area contributed by atoms with Crippen LogP contribution in [0.25, 0.3) is 11.3 Å². The number of halogens is 1. The maximum absolute atomic E-state index is 12.2. The van der Waals surface area contributed by atoms with Gasteiger partial charge in [0.2, 0.25) is 5.91 Å². The molecule has 0 aliphatic rings. The SMILES string of the molecule is CC(C)[C@H](NC(N)=O)C(=O)NCc1ccc(-c2ccc(Br)cc2)o1. The number of urea groups is 1. The van der Waals surface area contributed by atoms with Crippen molar-refractivity contribution < 1.29 is 14.0 Å². The highest BCUT2D eigenvalue weighted by molar-refractivity contribution is 9.10. The van der Waals surface area contributed by atoms with Crippen LogP contribution in [0.4, 0.5) is 4.79 Å². The summed E-state index contributed by atoms with van der Waals surface area (Å²) in [6.45, 7) is 3.90. The first-order chi connectivity index (χ1) is 11.4. The van der Waals surface area contributed by atoms with Crippen molar-refractivity contribution in [2.45, 2.75) is 26.4 Å². The van der Waals surface area contributed by atoms with Gasteiger partial charge >= 0.3 is 6.03 Å². The number of hydrogen-bond donors (Lipinski definition) is 3. The molecule has 128 valence electrons. The molecule has 0 radical (unpaired) electrons. The Morgan fingerprint density at radius 3 is 2.42 bits per heavy atom. The molecule has 1 heterocycles. The molecule has 6 nitrogen and oxygen atoms in total. The fourth-order valence-electron chi connectivity index (χ4n) is 2.21. The molecule has 4 N–H and O–H groups in total. The van der Waals surface area contributed by atoms with Gasteiger partial charge in [-0.3, -0.25) is 4.79 Å². The van der Waals surface area contributed by atoms with E-state index in [1.807, 2.05) is 50.2 Å². The summed E-state index contributed by atoms with van der Waals surface area (Å²) in [6, 6.07) is 10.0. The molecule has 0 bridgehead atoms. The molecule has 2 rings (SSSR count). The number of furan rings is 1. The van der Waals surface area contributed by atoms with Gasteiger partial charge in [-0.2, -0.15) is 0 Å². The van der Waals surface area contributed by atoms with E-state index in [0.717, 1.165) is 15.8 Å². The third kappa shape index (κ3) is 4.86. The van der Waals surface area contributed by atoms with Crippen molar-refractivity contribution in [2.75, 3.05) is 0 Å². The van der Waals surface area contributed by atoms with Gasteiger partial charge in [0, 0.05) is 10.0 Å². The molecular weight excluding hydrogens is 374 g/mol. The molecule has 0 fully saturated rings. The predicted octanol–water partition coefficient (Wildman–Crippen LogP) is 3.02. The Morgan fingerprint density at radius 1 is 1.17 bits per heavy atom. The molecule has 3 amide bonds. The summed E-state index contributed by atoms with van der Waals surface area (Å²) in [5.41, 5.74) is 6.05. The molecule has 0 saturated carbocycles. The summed E-state index contributed by atoms with van der Waals surface area (Å²) in [5.74, 6) is 0.975. The highest BCUT2D eigenvalue weighted by Gasteiger charge is 2.23. The lowest BCUT2D eigenvalue weighted by atomic mass is 10.0. The average Bonchev–Trinajstić information content (AvgIpc) is 2.99. The largest absolute Gasteiger partial charge is 0.459 e. The number of nitrogens with one attached hydrogen (secondary N) is 2. The van der Waals surface area contributed by atoms with Crippen molar-refractivity contribution >= 4 is 27.9 Å². The molecule has 7 heteroatoms. The highest BCUT2D eigenvalue weighted by atomic mass is 79.9. The van der Waals surface area contributed by atoms with E-state index in [1.165, 1.54) is 0 Å². The second-order valence-electron chi connectivity index (χ2n) is 5.72. The number of rotatable bonds is 6. The van der Waals surface area contributed by atoms with Gasteiger partial charge in [-0.1, -0.05) is 41.9 Å². The van der Waals surface area contributed by atoms with Gasteiger partial charge in [0.1, 0.15) is 17.6 Å². The van der Waals surface area contributed by atoms with Crippen molar-refractivity contribution in [1.29, 1.82) is 0 Å². The van der Waals surface area contributed by atoms with Gasteiger partial charge in [0.15, 0.2) is 0 Å². The molecule has 0 aliphatic carbocycles. The Morgan fingerprint density at radius 2 is 1.83 bits per heavy atom. The van der Waals surface area contributed by atoms with Gasteiger partial charge in [-0.05, 0) is 30.2 Å². The molecular formula is C17H20BrN3O3. The van der Waals surface area contributed by atoms with Crippen molar-refractivity contribution in [2.24, 2.45) is 11.7 Å². The zero-order chi connectivity index (χ0) is 17.7. The second-order valence-corrected chi connectivity index (χ2v) is 6.64. The van der Waals surface area contributed by atoms with Gasteiger partial charge in [0.05, 0.1) is 6.54 Å². The van der Waals surface area contributed by atoms with Crippen LogP contribution in [0.5, 0.6) is 0 Å². The Bertz CT molecular complexity index is 710. The minimum absolute atomic E-state index is 0.0765. The minimum atomic E-state index is -0.723. The smallest absolute Gasteiger partial charge is 0.312 e. The first-order valence-corrected chi connectivity index (χ1v) is 8.34. The molecule has 0 unspecified atom stereocenters. The Kier molecular flexibility index (Phi) is 6.03. The molecule has 1 atom stereocenters. The fourth-order valence-corrected chi connectivity index (χ4v) is 2.48. The van der Waals surface area contributed by atoms with E-state index in [9.17, 15) is 9.59 Å².